The highest BCUT2D eigenvalue weighted by Crippen LogP contribution is 2.40. The molecule has 4 heterocycles. The van der Waals surface area contributed by atoms with Crippen molar-refractivity contribution in [3.05, 3.63) is 52.4 Å². The fraction of sp³-hybridized carbons (Fsp3) is 0.481. The highest BCUT2D eigenvalue weighted by Gasteiger charge is 2.28. The highest BCUT2D eigenvalue weighted by atomic mass is 35.5. The molecule has 1 fully saturated rings. The summed E-state index contributed by atoms with van der Waals surface area (Å²) < 4.78 is 39.3. The Morgan fingerprint density at radius 1 is 1.19 bits per heavy atom. The maximum Gasteiger partial charge on any atom is 0.389 e. The van der Waals surface area contributed by atoms with Gasteiger partial charge < -0.3 is 9.88 Å². The van der Waals surface area contributed by atoms with Crippen molar-refractivity contribution in [3.63, 3.8) is 0 Å². The van der Waals surface area contributed by atoms with E-state index in [-0.39, 0.29) is 12.3 Å². The third-order valence-electron chi connectivity index (χ3n) is 7.47. The molecule has 4 aromatic rings. The van der Waals surface area contributed by atoms with Crippen LogP contribution in [0.1, 0.15) is 68.1 Å². The molecule has 1 aliphatic heterocycles. The van der Waals surface area contributed by atoms with Gasteiger partial charge in [-0.05, 0) is 86.5 Å². The van der Waals surface area contributed by atoms with Crippen LogP contribution in [0.5, 0.6) is 0 Å². The van der Waals surface area contributed by atoms with Gasteiger partial charge in [0, 0.05) is 29.1 Å². The van der Waals surface area contributed by atoms with Gasteiger partial charge in [-0.25, -0.2) is 0 Å². The van der Waals surface area contributed by atoms with Crippen LogP contribution in [-0.4, -0.2) is 50.3 Å². The van der Waals surface area contributed by atoms with E-state index in [1.165, 1.54) is 16.5 Å². The lowest BCUT2D eigenvalue weighted by Crippen LogP contribution is -2.34. The maximum absolute atomic E-state index is 12.5. The van der Waals surface area contributed by atoms with Crippen LogP contribution in [0.25, 0.3) is 27.8 Å². The van der Waals surface area contributed by atoms with Gasteiger partial charge in [-0.2, -0.15) is 13.2 Å². The number of alkyl halides is 3. The first-order valence-corrected chi connectivity index (χ1v) is 12.9. The average molecular weight is 518 g/mol. The van der Waals surface area contributed by atoms with Crippen molar-refractivity contribution in [1.82, 2.24) is 24.5 Å². The van der Waals surface area contributed by atoms with Crippen molar-refractivity contribution in [2.45, 2.75) is 64.5 Å². The van der Waals surface area contributed by atoms with Crippen LogP contribution in [0.4, 0.5) is 13.2 Å². The van der Waals surface area contributed by atoms with E-state index in [9.17, 15) is 13.2 Å². The summed E-state index contributed by atoms with van der Waals surface area (Å²) in [6, 6.07) is 6.66. The minimum atomic E-state index is -4.07. The lowest BCUT2D eigenvalue weighted by atomic mass is 9.87. The molecule has 1 aromatic carbocycles. The SMILES string of the molecule is Cc1c(-c2[nH]c3ccc(C4CCN(CCCC(F)(F)F)CC4)cc3c2C(C)C)cn2cnnc2c1Cl. The second kappa shape index (κ2) is 9.71. The number of aromatic nitrogens is 4. The predicted octanol–water partition coefficient (Wildman–Crippen LogP) is 7.48. The molecule has 1 aliphatic rings. The van der Waals surface area contributed by atoms with E-state index in [1.54, 1.807) is 6.33 Å². The molecule has 0 spiro atoms. The average Bonchev–Trinajstić information content (AvgIpc) is 3.45. The zero-order valence-corrected chi connectivity index (χ0v) is 21.5. The Labute approximate surface area is 213 Å². The van der Waals surface area contributed by atoms with Gasteiger partial charge in [-0.15, -0.1) is 10.2 Å². The zero-order valence-electron chi connectivity index (χ0n) is 20.8. The van der Waals surface area contributed by atoms with E-state index < -0.39 is 12.6 Å². The molecule has 0 radical (unpaired) electrons. The molecule has 0 unspecified atom stereocenters. The molecule has 192 valence electrons. The van der Waals surface area contributed by atoms with E-state index in [4.69, 9.17) is 11.6 Å². The second-order valence-corrected chi connectivity index (χ2v) is 10.6. The number of nitrogens with zero attached hydrogens (tertiary/aromatic N) is 4. The molecule has 36 heavy (non-hydrogen) atoms. The summed E-state index contributed by atoms with van der Waals surface area (Å²) in [4.78, 5) is 5.82. The van der Waals surface area contributed by atoms with Crippen LogP contribution in [0.2, 0.25) is 5.02 Å². The number of halogens is 4. The van der Waals surface area contributed by atoms with Crippen LogP contribution >= 0.6 is 11.6 Å². The molecular formula is C27H31ClF3N5. The molecule has 0 aliphatic carbocycles. The Morgan fingerprint density at radius 2 is 1.94 bits per heavy atom. The summed E-state index contributed by atoms with van der Waals surface area (Å²) in [5, 5.41) is 9.94. The van der Waals surface area contributed by atoms with Crippen LogP contribution in [-0.2, 0) is 0 Å². The molecule has 0 atom stereocenters. The van der Waals surface area contributed by atoms with E-state index in [2.05, 4.69) is 52.1 Å². The van der Waals surface area contributed by atoms with E-state index >= 15 is 0 Å². The summed E-state index contributed by atoms with van der Waals surface area (Å²) in [5.41, 5.74) is 7.33. The fourth-order valence-electron chi connectivity index (χ4n) is 5.56. The van der Waals surface area contributed by atoms with E-state index in [0.717, 1.165) is 48.3 Å². The largest absolute Gasteiger partial charge is 0.389 e. The first kappa shape index (κ1) is 25.1. The number of nitrogens with one attached hydrogen (secondary N) is 1. The molecular weight excluding hydrogens is 487 g/mol. The number of benzene rings is 1. The number of fused-ring (bicyclic) bond motifs is 2. The van der Waals surface area contributed by atoms with Gasteiger partial charge in [-0.1, -0.05) is 31.5 Å². The summed E-state index contributed by atoms with van der Waals surface area (Å²) in [7, 11) is 0. The zero-order chi connectivity index (χ0) is 25.6. The van der Waals surface area contributed by atoms with Crippen molar-refractivity contribution in [3.8, 4) is 11.3 Å². The Balaban J connectivity index is 1.42. The Bertz CT molecular complexity index is 1380. The summed E-state index contributed by atoms with van der Waals surface area (Å²) in [6.07, 6.45) is 1.02. The number of rotatable bonds is 6. The molecule has 1 N–H and O–H groups in total. The number of aromatic amines is 1. The van der Waals surface area contributed by atoms with Crippen molar-refractivity contribution < 1.29 is 13.2 Å². The first-order chi connectivity index (χ1) is 17.1. The molecule has 0 saturated carbocycles. The van der Waals surface area contributed by atoms with Gasteiger partial charge in [-0.3, -0.25) is 4.40 Å². The first-order valence-electron chi connectivity index (χ1n) is 12.6. The Kier molecular flexibility index (Phi) is 6.76. The van der Waals surface area contributed by atoms with Gasteiger partial charge >= 0.3 is 6.18 Å². The Morgan fingerprint density at radius 3 is 2.64 bits per heavy atom. The van der Waals surface area contributed by atoms with Crippen molar-refractivity contribution in [2.24, 2.45) is 0 Å². The van der Waals surface area contributed by atoms with Crippen LogP contribution in [0, 0.1) is 6.92 Å². The topological polar surface area (TPSA) is 49.2 Å². The van der Waals surface area contributed by atoms with Crippen molar-refractivity contribution in [2.75, 3.05) is 19.6 Å². The third kappa shape index (κ3) is 4.85. The highest BCUT2D eigenvalue weighted by molar-refractivity contribution is 6.34. The summed E-state index contributed by atoms with van der Waals surface area (Å²) >= 11 is 6.65. The number of hydrogen-bond acceptors (Lipinski definition) is 3. The molecule has 5 rings (SSSR count). The molecule has 0 bridgehead atoms. The monoisotopic (exact) mass is 517 g/mol. The number of piperidine rings is 1. The van der Waals surface area contributed by atoms with E-state index in [0.29, 0.717) is 23.1 Å². The second-order valence-electron chi connectivity index (χ2n) is 10.3. The number of pyridine rings is 1. The molecule has 0 amide bonds. The number of H-pyrrole nitrogens is 1. The van der Waals surface area contributed by atoms with Crippen LogP contribution in [0.15, 0.2) is 30.7 Å². The van der Waals surface area contributed by atoms with Gasteiger partial charge in [0.15, 0.2) is 5.65 Å². The van der Waals surface area contributed by atoms with E-state index in [1.807, 2.05) is 17.5 Å². The van der Waals surface area contributed by atoms with Crippen molar-refractivity contribution >= 4 is 28.2 Å². The number of hydrogen-bond donors (Lipinski definition) is 1. The van der Waals surface area contributed by atoms with Gasteiger partial charge in [0.2, 0.25) is 0 Å². The minimum Gasteiger partial charge on any atom is -0.354 e. The van der Waals surface area contributed by atoms with Crippen molar-refractivity contribution in [1.29, 1.82) is 0 Å². The quantitative estimate of drug-likeness (QED) is 0.288. The van der Waals surface area contributed by atoms with Crippen LogP contribution < -0.4 is 0 Å². The molecule has 9 heteroatoms. The minimum absolute atomic E-state index is 0.175. The smallest absolute Gasteiger partial charge is 0.354 e. The van der Waals surface area contributed by atoms with Gasteiger partial charge in [0.25, 0.3) is 0 Å². The predicted molar refractivity (Wildman–Crippen MR) is 138 cm³/mol. The maximum atomic E-state index is 12.5. The van der Waals surface area contributed by atoms with Gasteiger partial charge in [0.1, 0.15) is 6.33 Å². The third-order valence-corrected chi connectivity index (χ3v) is 7.93. The lowest BCUT2D eigenvalue weighted by Gasteiger charge is -2.32. The molecule has 5 nitrogen and oxygen atoms in total. The molecule has 3 aromatic heterocycles. The fourth-order valence-corrected chi connectivity index (χ4v) is 5.79. The normalized spacial score (nSPS) is 16.1. The van der Waals surface area contributed by atoms with Gasteiger partial charge in [0.05, 0.1) is 10.7 Å². The Hall–Kier alpha value is -2.58. The van der Waals surface area contributed by atoms with Crippen LogP contribution in [0.3, 0.4) is 0 Å². The summed E-state index contributed by atoms with van der Waals surface area (Å²) in [5.74, 6) is 0.699. The lowest BCUT2D eigenvalue weighted by molar-refractivity contribution is -0.136. The standard InChI is InChI=1S/C27H31ClF3N5/c1-16(2)23-20-13-19(18-7-11-35(12-8-18)10-4-9-27(29,30)31)5-6-22(20)33-25(23)21-14-36-15-32-34-26(36)24(28)17(21)3/h5-6,13-16,18,33H,4,7-12H2,1-3H3. The summed E-state index contributed by atoms with van der Waals surface area (Å²) in [6.45, 7) is 8.61. The molecule has 1 saturated heterocycles. The number of likely N-dealkylation sites (tertiary alicyclic amines) is 1.